The maximum Gasteiger partial charge on any atom is 0.334 e. The lowest BCUT2D eigenvalue weighted by Crippen LogP contribution is -1.56. The summed E-state index contributed by atoms with van der Waals surface area (Å²) in [5.74, 6) is 0. The number of hydrogen-bond acceptors (Lipinski definition) is 0. The first-order valence-electron chi connectivity index (χ1n) is 1.01. The standard InChI is InChI=1S/C2F4.4FH.H4Si/c3-1(4)2(5)6;;;;;/h;4*1H;1H4. The highest BCUT2D eigenvalue weighted by Gasteiger charge is 1.98. The predicted molar refractivity (Wildman–Crippen MR) is 32.8 cm³/mol. The number of rotatable bonds is 0. The van der Waals surface area contributed by atoms with Gasteiger partial charge in [-0.15, -0.1) is 0 Å². The van der Waals surface area contributed by atoms with Crippen LogP contribution in [0.2, 0.25) is 0 Å². The fourth-order valence-electron chi connectivity index (χ4n) is 0. The molecule has 0 aliphatic heterocycles. The predicted octanol–water partition coefficient (Wildman–Crippen LogP) is 1.15. The van der Waals surface area contributed by atoms with Gasteiger partial charge in [-0.2, -0.15) is 17.6 Å². The van der Waals surface area contributed by atoms with Crippen molar-refractivity contribution in [2.24, 2.45) is 0 Å². The van der Waals surface area contributed by atoms with Crippen molar-refractivity contribution < 1.29 is 36.4 Å². The van der Waals surface area contributed by atoms with E-state index in [1.165, 1.54) is 0 Å². The van der Waals surface area contributed by atoms with Crippen molar-refractivity contribution in [3.05, 3.63) is 12.2 Å². The van der Waals surface area contributed by atoms with E-state index in [1.807, 2.05) is 0 Å². The zero-order valence-electron chi connectivity index (χ0n) is 4.14. The maximum atomic E-state index is 10.3. The summed E-state index contributed by atoms with van der Waals surface area (Å²) in [6, 6.07) is 0. The van der Waals surface area contributed by atoms with E-state index in [4.69, 9.17) is 0 Å². The molecule has 0 rings (SSSR count). The fourth-order valence-corrected chi connectivity index (χ4v) is 0. The largest absolute Gasteiger partial charge is 0.334 e. The van der Waals surface area contributed by atoms with E-state index < -0.39 is 12.2 Å². The third-order valence-electron chi connectivity index (χ3n) is 0.143. The molecule has 0 heterocycles. The topological polar surface area (TPSA) is 0 Å². The van der Waals surface area contributed by atoms with Gasteiger partial charge in [0, 0.05) is 0 Å². The second-order valence-electron chi connectivity index (χ2n) is 0.521. The third kappa shape index (κ3) is 44.6. The van der Waals surface area contributed by atoms with Crippen LogP contribution in [0.25, 0.3) is 0 Å². The van der Waals surface area contributed by atoms with Crippen molar-refractivity contribution >= 4 is 11.0 Å². The molecule has 76 valence electrons. The Balaban J connectivity index is -0.0000000125. The first-order chi connectivity index (χ1) is 2.64. The summed E-state index contributed by atoms with van der Waals surface area (Å²) in [6.45, 7) is 0. The van der Waals surface area contributed by atoms with Crippen LogP contribution in [-0.4, -0.2) is 11.0 Å². The van der Waals surface area contributed by atoms with E-state index in [0.717, 1.165) is 0 Å². The highest BCUT2D eigenvalue weighted by molar-refractivity contribution is 5.75. The van der Waals surface area contributed by atoms with Crippen LogP contribution in [0, 0.1) is 0 Å². The molecule has 0 amide bonds. The van der Waals surface area contributed by atoms with Gasteiger partial charge in [-0.1, -0.05) is 0 Å². The van der Waals surface area contributed by atoms with Crippen molar-refractivity contribution in [2.75, 3.05) is 0 Å². The van der Waals surface area contributed by atoms with Crippen LogP contribution in [0.15, 0.2) is 12.2 Å². The average Bonchev–Trinajstić information content (AvgIpc) is 1.36. The molecule has 0 N–H and O–H groups in total. The van der Waals surface area contributed by atoms with Crippen LogP contribution in [0.5, 0.6) is 0 Å². The Morgan fingerprint density at radius 2 is 0.636 bits per heavy atom. The second-order valence-corrected chi connectivity index (χ2v) is 0.521. The van der Waals surface area contributed by atoms with Gasteiger partial charge in [-0.05, 0) is 11.0 Å². The van der Waals surface area contributed by atoms with Gasteiger partial charge in [0.1, 0.15) is 0 Å². The van der Waals surface area contributed by atoms with Crippen LogP contribution in [0.1, 0.15) is 0 Å². The lowest BCUT2D eigenvalue weighted by atomic mass is 11.1. The van der Waals surface area contributed by atoms with Crippen molar-refractivity contribution in [1.82, 2.24) is 0 Å². The fraction of sp³-hybridized carbons (Fsp3) is 0. The summed E-state index contributed by atoms with van der Waals surface area (Å²) in [7, 11) is 0. The maximum absolute atomic E-state index is 10.3. The van der Waals surface area contributed by atoms with Crippen LogP contribution in [0.4, 0.5) is 36.4 Å². The molecule has 0 fully saturated rings. The average molecular weight is 212 g/mol. The second kappa shape index (κ2) is 22.7. The Bertz CT molecular complexity index is 62.2. The van der Waals surface area contributed by atoms with E-state index in [2.05, 4.69) is 0 Å². The Hall–Kier alpha value is -0.603. The first kappa shape index (κ1) is 47.5. The molecule has 0 aliphatic rings. The smallest absolute Gasteiger partial charge is 0.269 e. The van der Waals surface area contributed by atoms with Gasteiger partial charge < -0.3 is 0 Å². The van der Waals surface area contributed by atoms with Crippen molar-refractivity contribution in [3.8, 4) is 0 Å². The summed E-state index contributed by atoms with van der Waals surface area (Å²) in [5, 5.41) is 0. The van der Waals surface area contributed by atoms with Gasteiger partial charge in [-0.3, -0.25) is 18.8 Å². The van der Waals surface area contributed by atoms with Crippen LogP contribution in [0.3, 0.4) is 0 Å². The van der Waals surface area contributed by atoms with Crippen LogP contribution >= 0.6 is 0 Å². The SMILES string of the molecule is F.F.F.F.FC(F)=C(F)F.[SiH4]. The Morgan fingerprint density at radius 3 is 0.636 bits per heavy atom. The van der Waals surface area contributed by atoms with Gasteiger partial charge in [0.2, 0.25) is 0 Å². The monoisotopic (exact) mass is 212 g/mol. The molecule has 0 atom stereocenters. The number of halogens is 8. The molecule has 0 unspecified atom stereocenters. The molecular weight excluding hydrogens is 204 g/mol. The van der Waals surface area contributed by atoms with Crippen molar-refractivity contribution in [2.45, 2.75) is 0 Å². The summed E-state index contributed by atoms with van der Waals surface area (Å²) in [6.07, 6.45) is -5.81. The minimum Gasteiger partial charge on any atom is -0.269 e. The summed E-state index contributed by atoms with van der Waals surface area (Å²) >= 11 is 0. The van der Waals surface area contributed by atoms with Gasteiger partial charge in [0.15, 0.2) is 0 Å². The zero-order chi connectivity index (χ0) is 5.15. The molecule has 0 saturated heterocycles. The molecule has 0 aromatic heterocycles. The molecular formula is C2H8F8Si. The molecule has 0 saturated carbocycles. The van der Waals surface area contributed by atoms with E-state index in [9.17, 15) is 17.6 Å². The highest BCUT2D eigenvalue weighted by atomic mass is 28.1. The molecule has 0 spiro atoms. The van der Waals surface area contributed by atoms with E-state index in [0.29, 0.717) is 0 Å². The molecule has 9 heteroatoms. The van der Waals surface area contributed by atoms with Gasteiger partial charge in [-0.25, -0.2) is 0 Å². The van der Waals surface area contributed by atoms with E-state index in [1.54, 1.807) is 0 Å². The molecule has 0 aromatic carbocycles. The van der Waals surface area contributed by atoms with Gasteiger partial charge in [0.05, 0.1) is 0 Å². The molecule has 0 nitrogen and oxygen atoms in total. The van der Waals surface area contributed by atoms with E-state index in [-0.39, 0.29) is 29.8 Å². The van der Waals surface area contributed by atoms with Crippen LogP contribution < -0.4 is 0 Å². The molecule has 0 bridgehead atoms. The summed E-state index contributed by atoms with van der Waals surface area (Å²) in [4.78, 5) is 0. The molecule has 0 aromatic rings. The quantitative estimate of drug-likeness (QED) is 0.417. The van der Waals surface area contributed by atoms with Gasteiger partial charge >= 0.3 is 12.2 Å². The zero-order valence-corrected chi connectivity index (χ0v) is 4.14. The Kier molecular flexibility index (Phi) is 98.2. The lowest BCUT2D eigenvalue weighted by Gasteiger charge is -1.69. The lowest BCUT2D eigenvalue weighted by molar-refractivity contribution is 0.308. The Labute approximate surface area is 60.8 Å². The molecule has 11 heavy (non-hydrogen) atoms. The third-order valence-corrected chi connectivity index (χ3v) is 0.143. The Morgan fingerprint density at radius 1 is 0.545 bits per heavy atom. The normalized spacial score (nSPS) is 4.36. The highest BCUT2D eigenvalue weighted by Crippen LogP contribution is 2.08. The minimum absolute atomic E-state index is 0. The molecule has 0 aliphatic carbocycles. The number of hydrogen-bond donors (Lipinski definition) is 0. The van der Waals surface area contributed by atoms with Crippen LogP contribution in [-0.2, 0) is 0 Å². The minimum atomic E-state index is -2.91. The summed E-state index contributed by atoms with van der Waals surface area (Å²) < 4.78 is 41.1. The van der Waals surface area contributed by atoms with Gasteiger partial charge in [0.25, 0.3) is 0 Å². The van der Waals surface area contributed by atoms with Crippen molar-refractivity contribution in [3.63, 3.8) is 0 Å². The van der Waals surface area contributed by atoms with Crippen molar-refractivity contribution in [1.29, 1.82) is 0 Å². The first-order valence-corrected chi connectivity index (χ1v) is 1.01. The van der Waals surface area contributed by atoms with E-state index >= 15 is 0 Å². The summed E-state index contributed by atoms with van der Waals surface area (Å²) in [5.41, 5.74) is 0. The molecule has 0 radical (unpaired) electrons.